The van der Waals surface area contributed by atoms with Crippen molar-refractivity contribution < 1.29 is 4.79 Å². The molecule has 0 fully saturated rings. The molecule has 0 atom stereocenters. The van der Waals surface area contributed by atoms with E-state index in [-0.39, 0.29) is 18.3 Å². The molecule has 3 aromatic carbocycles. The van der Waals surface area contributed by atoms with Gasteiger partial charge in [-0.3, -0.25) is 4.79 Å². The third kappa shape index (κ3) is 3.35. The van der Waals surface area contributed by atoms with Gasteiger partial charge in [0.15, 0.2) is 0 Å². The standard InChI is InChI=1S/C24H17N5O/c30-21-16-20(17-10-4-1-5-11-17)28-29(21)24-25-22(18-12-6-2-7-13-18)23(26-27-24)19-14-8-3-9-15-19/h1-15H,16H2. The van der Waals surface area contributed by atoms with Gasteiger partial charge in [-0.1, -0.05) is 91.0 Å². The van der Waals surface area contributed by atoms with Crippen LogP contribution in [-0.2, 0) is 4.79 Å². The van der Waals surface area contributed by atoms with Crippen molar-refractivity contribution in [3.8, 4) is 22.5 Å². The van der Waals surface area contributed by atoms with E-state index in [4.69, 9.17) is 4.98 Å². The Morgan fingerprint density at radius 3 is 1.77 bits per heavy atom. The molecule has 1 aliphatic heterocycles. The summed E-state index contributed by atoms with van der Waals surface area (Å²) in [6.45, 7) is 0. The van der Waals surface area contributed by atoms with E-state index >= 15 is 0 Å². The van der Waals surface area contributed by atoms with E-state index in [9.17, 15) is 4.79 Å². The van der Waals surface area contributed by atoms with Gasteiger partial charge in [-0.2, -0.15) is 10.1 Å². The summed E-state index contributed by atoms with van der Waals surface area (Å²) in [5.41, 5.74) is 4.71. The number of amides is 1. The maximum atomic E-state index is 12.7. The Labute approximate surface area is 173 Å². The Morgan fingerprint density at radius 2 is 1.17 bits per heavy atom. The molecule has 1 aliphatic rings. The van der Waals surface area contributed by atoms with Gasteiger partial charge in [0.1, 0.15) is 11.4 Å². The molecular formula is C24H17N5O. The Bertz CT molecular complexity index is 1220. The molecule has 0 saturated heterocycles. The van der Waals surface area contributed by atoms with Crippen molar-refractivity contribution in [3.63, 3.8) is 0 Å². The van der Waals surface area contributed by atoms with E-state index in [2.05, 4.69) is 15.3 Å². The molecule has 5 rings (SSSR count). The Morgan fingerprint density at radius 1 is 0.633 bits per heavy atom. The highest BCUT2D eigenvalue weighted by Crippen LogP contribution is 2.30. The van der Waals surface area contributed by atoms with Gasteiger partial charge in [0, 0.05) is 11.1 Å². The molecule has 6 nitrogen and oxygen atoms in total. The Kier molecular flexibility index (Phi) is 4.57. The fraction of sp³-hybridized carbons (Fsp3) is 0.0417. The third-order valence-corrected chi connectivity index (χ3v) is 4.84. The minimum atomic E-state index is -0.179. The van der Waals surface area contributed by atoms with Gasteiger partial charge in [-0.25, -0.2) is 4.98 Å². The van der Waals surface area contributed by atoms with Gasteiger partial charge in [-0.15, -0.1) is 10.2 Å². The lowest BCUT2D eigenvalue weighted by molar-refractivity contribution is -0.117. The lowest BCUT2D eigenvalue weighted by Crippen LogP contribution is -2.22. The zero-order valence-corrected chi connectivity index (χ0v) is 16.0. The summed E-state index contributed by atoms with van der Waals surface area (Å²) < 4.78 is 0. The maximum absolute atomic E-state index is 12.7. The van der Waals surface area contributed by atoms with Crippen LogP contribution in [-0.4, -0.2) is 26.8 Å². The number of hydrogen-bond acceptors (Lipinski definition) is 5. The minimum absolute atomic E-state index is 0.171. The molecule has 0 spiro atoms. The molecule has 0 unspecified atom stereocenters. The second-order valence-electron chi connectivity index (χ2n) is 6.84. The molecule has 4 aromatic rings. The van der Waals surface area contributed by atoms with Crippen LogP contribution in [0.15, 0.2) is 96.1 Å². The first-order valence-corrected chi connectivity index (χ1v) is 9.61. The van der Waals surface area contributed by atoms with Crippen LogP contribution in [0.2, 0.25) is 0 Å². The summed E-state index contributed by atoms with van der Waals surface area (Å²) in [6, 6.07) is 29.2. The van der Waals surface area contributed by atoms with Gasteiger partial charge in [0.05, 0.1) is 12.1 Å². The zero-order chi connectivity index (χ0) is 20.3. The number of anilines is 1. The number of nitrogens with zero attached hydrogens (tertiary/aromatic N) is 5. The molecule has 0 radical (unpaired) electrons. The molecule has 1 amide bonds. The smallest absolute Gasteiger partial charge is 0.272 e. The van der Waals surface area contributed by atoms with Crippen LogP contribution in [0.4, 0.5) is 5.95 Å². The predicted octanol–water partition coefficient (Wildman–Crippen LogP) is 4.35. The van der Waals surface area contributed by atoms with Crippen LogP contribution < -0.4 is 5.01 Å². The first-order chi connectivity index (χ1) is 14.8. The SMILES string of the molecule is O=C1CC(c2ccccc2)=NN1c1nnc(-c2ccccc2)c(-c2ccccc2)n1. The van der Waals surface area contributed by atoms with E-state index in [1.165, 1.54) is 5.01 Å². The minimum Gasteiger partial charge on any atom is -0.272 e. The van der Waals surface area contributed by atoms with Gasteiger partial charge in [0.25, 0.3) is 11.9 Å². The van der Waals surface area contributed by atoms with Gasteiger partial charge in [0.2, 0.25) is 0 Å². The van der Waals surface area contributed by atoms with E-state index in [1.807, 2.05) is 91.0 Å². The van der Waals surface area contributed by atoms with Crippen molar-refractivity contribution in [2.45, 2.75) is 6.42 Å². The normalized spacial score (nSPS) is 13.4. The van der Waals surface area contributed by atoms with E-state index in [0.717, 1.165) is 16.7 Å². The van der Waals surface area contributed by atoms with Crippen molar-refractivity contribution in [1.82, 2.24) is 15.2 Å². The number of aromatic nitrogens is 3. The lowest BCUT2D eigenvalue weighted by atomic mass is 10.0. The monoisotopic (exact) mass is 391 g/mol. The van der Waals surface area contributed by atoms with Crippen LogP contribution in [0.1, 0.15) is 12.0 Å². The molecule has 6 heteroatoms. The molecule has 2 heterocycles. The number of hydrogen-bond donors (Lipinski definition) is 0. The summed E-state index contributed by atoms with van der Waals surface area (Å²) in [4.78, 5) is 17.4. The molecule has 0 saturated carbocycles. The number of rotatable bonds is 4. The van der Waals surface area contributed by atoms with E-state index in [0.29, 0.717) is 17.1 Å². The van der Waals surface area contributed by atoms with Crippen molar-refractivity contribution in [2.75, 3.05) is 5.01 Å². The number of hydrazone groups is 1. The van der Waals surface area contributed by atoms with Gasteiger partial charge in [-0.05, 0) is 5.56 Å². The van der Waals surface area contributed by atoms with Crippen molar-refractivity contribution >= 4 is 17.6 Å². The second-order valence-corrected chi connectivity index (χ2v) is 6.84. The Balaban J connectivity index is 1.60. The van der Waals surface area contributed by atoms with E-state index < -0.39 is 0 Å². The highest BCUT2D eigenvalue weighted by atomic mass is 16.2. The van der Waals surface area contributed by atoms with Crippen LogP contribution in [0.25, 0.3) is 22.5 Å². The van der Waals surface area contributed by atoms with Gasteiger partial charge >= 0.3 is 0 Å². The summed E-state index contributed by atoms with van der Waals surface area (Å²) in [6.07, 6.45) is 0.203. The van der Waals surface area contributed by atoms with Crippen molar-refractivity contribution in [3.05, 3.63) is 96.6 Å². The number of benzene rings is 3. The average molecular weight is 391 g/mol. The first-order valence-electron chi connectivity index (χ1n) is 9.61. The molecular weight excluding hydrogens is 374 g/mol. The van der Waals surface area contributed by atoms with E-state index in [1.54, 1.807) is 0 Å². The molecule has 0 N–H and O–H groups in total. The van der Waals surface area contributed by atoms with Gasteiger partial charge < -0.3 is 0 Å². The van der Waals surface area contributed by atoms with Crippen LogP contribution in [0.5, 0.6) is 0 Å². The second kappa shape index (κ2) is 7.67. The fourth-order valence-corrected chi connectivity index (χ4v) is 3.37. The summed E-state index contributed by atoms with van der Waals surface area (Å²) in [7, 11) is 0. The topological polar surface area (TPSA) is 71.3 Å². The summed E-state index contributed by atoms with van der Waals surface area (Å²) in [5, 5.41) is 14.4. The maximum Gasteiger partial charge on any atom is 0.273 e. The van der Waals surface area contributed by atoms with Crippen molar-refractivity contribution in [1.29, 1.82) is 0 Å². The largest absolute Gasteiger partial charge is 0.273 e. The predicted molar refractivity (Wildman–Crippen MR) is 116 cm³/mol. The van der Waals surface area contributed by atoms with Crippen LogP contribution in [0, 0.1) is 0 Å². The molecule has 144 valence electrons. The fourth-order valence-electron chi connectivity index (χ4n) is 3.37. The van der Waals surface area contributed by atoms with Crippen molar-refractivity contribution in [2.24, 2.45) is 5.10 Å². The average Bonchev–Trinajstić information content (AvgIpc) is 3.22. The number of carbonyl (C=O) groups excluding carboxylic acids is 1. The quantitative estimate of drug-likeness (QED) is 0.519. The van der Waals surface area contributed by atoms with Crippen LogP contribution >= 0.6 is 0 Å². The molecule has 0 aliphatic carbocycles. The summed E-state index contributed by atoms with van der Waals surface area (Å²) in [5.74, 6) is -0.00779. The highest BCUT2D eigenvalue weighted by molar-refractivity contribution is 6.18. The highest BCUT2D eigenvalue weighted by Gasteiger charge is 2.29. The van der Waals surface area contributed by atoms with Crippen LogP contribution in [0.3, 0.4) is 0 Å². The molecule has 0 bridgehead atoms. The number of carbonyl (C=O) groups is 1. The summed E-state index contributed by atoms with van der Waals surface area (Å²) >= 11 is 0. The molecule has 1 aromatic heterocycles. The molecule has 30 heavy (non-hydrogen) atoms. The lowest BCUT2D eigenvalue weighted by Gasteiger charge is -2.13. The Hall–Kier alpha value is -4.19. The zero-order valence-electron chi connectivity index (χ0n) is 16.0. The first kappa shape index (κ1) is 17.9. The third-order valence-electron chi connectivity index (χ3n) is 4.84.